The monoisotopic (exact) mass is 272 g/mol. The molecule has 18 heavy (non-hydrogen) atoms. The van der Waals surface area contributed by atoms with Crippen molar-refractivity contribution >= 4 is 23.0 Å². The normalized spacial score (nSPS) is 17.1. The zero-order valence-corrected chi connectivity index (χ0v) is 10.8. The lowest BCUT2D eigenvalue weighted by Crippen LogP contribution is -2.33. The third-order valence-electron chi connectivity index (χ3n) is 3.50. The second-order valence-corrected chi connectivity index (χ2v) is 5.47. The molecule has 1 saturated carbocycles. The minimum absolute atomic E-state index is 0.109. The molecule has 0 saturated heterocycles. The Hall–Kier alpha value is -1.36. The Morgan fingerprint density at radius 2 is 2.22 bits per heavy atom. The highest BCUT2D eigenvalue weighted by atomic mass is 35.5. The summed E-state index contributed by atoms with van der Waals surface area (Å²) in [5, 5.41) is 13.8. The van der Waals surface area contributed by atoms with E-state index in [-0.39, 0.29) is 21.8 Å². The summed E-state index contributed by atoms with van der Waals surface area (Å²) in [6, 6.07) is 2.13. The van der Waals surface area contributed by atoms with Crippen molar-refractivity contribution in [2.75, 3.05) is 11.9 Å². The molecule has 1 aliphatic rings. The smallest absolute Gasteiger partial charge is 0.295 e. The lowest BCUT2D eigenvalue weighted by atomic mass is 9.70. The van der Waals surface area contributed by atoms with E-state index in [9.17, 15) is 14.5 Å². The molecule has 0 atom stereocenters. The number of benzene rings is 1. The van der Waals surface area contributed by atoms with Crippen LogP contribution in [0.1, 0.15) is 26.2 Å². The van der Waals surface area contributed by atoms with Crippen LogP contribution in [0.4, 0.5) is 15.8 Å². The van der Waals surface area contributed by atoms with E-state index in [2.05, 4.69) is 12.2 Å². The van der Waals surface area contributed by atoms with Gasteiger partial charge in [0, 0.05) is 6.54 Å². The van der Waals surface area contributed by atoms with Gasteiger partial charge in [-0.05, 0) is 24.3 Å². The highest BCUT2D eigenvalue weighted by molar-refractivity contribution is 6.31. The second kappa shape index (κ2) is 4.72. The molecule has 0 unspecified atom stereocenters. The maximum Gasteiger partial charge on any atom is 0.295 e. The number of rotatable bonds is 4. The summed E-state index contributed by atoms with van der Waals surface area (Å²) in [7, 11) is 0. The van der Waals surface area contributed by atoms with Gasteiger partial charge in [0.2, 0.25) is 0 Å². The van der Waals surface area contributed by atoms with Crippen molar-refractivity contribution in [2.45, 2.75) is 26.2 Å². The van der Waals surface area contributed by atoms with Gasteiger partial charge in [-0.25, -0.2) is 4.39 Å². The van der Waals surface area contributed by atoms with Gasteiger partial charge in [0.15, 0.2) is 0 Å². The van der Waals surface area contributed by atoms with Crippen LogP contribution < -0.4 is 5.32 Å². The van der Waals surface area contributed by atoms with Crippen LogP contribution in [0.15, 0.2) is 12.1 Å². The van der Waals surface area contributed by atoms with Gasteiger partial charge in [-0.3, -0.25) is 10.1 Å². The molecule has 1 fully saturated rings. The molecule has 0 bridgehead atoms. The van der Waals surface area contributed by atoms with Gasteiger partial charge in [-0.15, -0.1) is 0 Å². The SMILES string of the molecule is CC1(CNc2cc(Cl)c(F)cc2[N+](=O)[O-])CCC1. The van der Waals surface area contributed by atoms with Gasteiger partial charge >= 0.3 is 0 Å². The number of nitrogens with zero attached hydrogens (tertiary/aromatic N) is 1. The fourth-order valence-corrected chi connectivity index (χ4v) is 2.26. The number of hydrogen-bond donors (Lipinski definition) is 1. The van der Waals surface area contributed by atoms with E-state index in [1.165, 1.54) is 12.5 Å². The standard InChI is InChI=1S/C12H14ClFN2O2/c1-12(3-2-4-12)7-15-10-5-8(13)9(14)6-11(10)16(17)18/h5-6,15H,2-4,7H2,1H3. The number of halogens is 2. The summed E-state index contributed by atoms with van der Waals surface area (Å²) < 4.78 is 13.2. The van der Waals surface area contributed by atoms with E-state index in [4.69, 9.17) is 11.6 Å². The Kier molecular flexibility index (Phi) is 3.43. The van der Waals surface area contributed by atoms with Crippen LogP contribution in [0, 0.1) is 21.3 Å². The van der Waals surface area contributed by atoms with Gasteiger partial charge < -0.3 is 5.32 Å². The Morgan fingerprint density at radius 1 is 1.56 bits per heavy atom. The van der Waals surface area contributed by atoms with Crippen LogP contribution in [0.5, 0.6) is 0 Å². The first-order chi connectivity index (χ1) is 8.41. The maximum atomic E-state index is 13.2. The number of nitrogens with one attached hydrogen (secondary N) is 1. The molecular formula is C12H14ClFN2O2. The van der Waals surface area contributed by atoms with E-state index in [1.54, 1.807) is 0 Å². The molecule has 0 amide bonds. The van der Waals surface area contributed by atoms with E-state index in [1.807, 2.05) is 0 Å². The first-order valence-corrected chi connectivity index (χ1v) is 6.16. The topological polar surface area (TPSA) is 55.2 Å². The van der Waals surface area contributed by atoms with Gasteiger partial charge in [0.1, 0.15) is 11.5 Å². The molecule has 1 aromatic rings. The Balaban J connectivity index is 2.20. The second-order valence-electron chi connectivity index (χ2n) is 5.06. The van der Waals surface area contributed by atoms with Crippen molar-refractivity contribution in [2.24, 2.45) is 5.41 Å². The van der Waals surface area contributed by atoms with Crippen LogP contribution in [0.3, 0.4) is 0 Å². The Bertz CT molecular complexity index is 489. The third kappa shape index (κ3) is 2.56. The predicted octanol–water partition coefficient (Wildman–Crippen LogP) is 3.99. The molecule has 6 heteroatoms. The first kappa shape index (κ1) is 13.1. The van der Waals surface area contributed by atoms with Gasteiger partial charge in [-0.1, -0.05) is 24.9 Å². The van der Waals surface area contributed by atoms with Crippen molar-refractivity contribution in [1.82, 2.24) is 0 Å². The summed E-state index contributed by atoms with van der Waals surface area (Å²) in [5.41, 5.74) is 0.175. The average Bonchev–Trinajstić information content (AvgIpc) is 2.27. The molecule has 1 N–H and O–H groups in total. The maximum absolute atomic E-state index is 13.2. The van der Waals surface area contributed by atoms with Crippen molar-refractivity contribution in [3.63, 3.8) is 0 Å². The first-order valence-electron chi connectivity index (χ1n) is 5.79. The lowest BCUT2D eigenvalue weighted by Gasteiger charge is -2.38. The fraction of sp³-hybridized carbons (Fsp3) is 0.500. The highest BCUT2D eigenvalue weighted by Crippen LogP contribution is 2.41. The van der Waals surface area contributed by atoms with Crippen LogP contribution in [0.2, 0.25) is 5.02 Å². The molecule has 2 rings (SSSR count). The largest absolute Gasteiger partial charge is 0.379 e. The van der Waals surface area contributed by atoms with Gasteiger partial charge in [-0.2, -0.15) is 0 Å². The highest BCUT2D eigenvalue weighted by Gasteiger charge is 2.32. The zero-order valence-electron chi connectivity index (χ0n) is 10.0. The van der Waals surface area contributed by atoms with Crippen molar-refractivity contribution < 1.29 is 9.31 Å². The van der Waals surface area contributed by atoms with Crippen molar-refractivity contribution in [3.05, 3.63) is 33.1 Å². The van der Waals surface area contributed by atoms with Crippen LogP contribution in [0.25, 0.3) is 0 Å². The van der Waals surface area contributed by atoms with Gasteiger partial charge in [0.05, 0.1) is 16.0 Å². The summed E-state index contributed by atoms with van der Waals surface area (Å²) >= 11 is 5.65. The number of anilines is 1. The molecule has 4 nitrogen and oxygen atoms in total. The minimum Gasteiger partial charge on any atom is -0.379 e. The molecule has 1 aromatic carbocycles. The average molecular weight is 273 g/mol. The fourth-order valence-electron chi connectivity index (χ4n) is 2.09. The lowest BCUT2D eigenvalue weighted by molar-refractivity contribution is -0.384. The summed E-state index contributed by atoms with van der Waals surface area (Å²) in [4.78, 5) is 10.2. The molecule has 0 aliphatic heterocycles. The molecule has 0 heterocycles. The number of nitro groups is 1. The predicted molar refractivity (Wildman–Crippen MR) is 68.5 cm³/mol. The molecule has 1 aliphatic carbocycles. The van der Waals surface area contributed by atoms with Crippen LogP contribution in [-0.2, 0) is 0 Å². The summed E-state index contributed by atoms with van der Waals surface area (Å²) in [6.45, 7) is 2.76. The summed E-state index contributed by atoms with van der Waals surface area (Å²) in [6.07, 6.45) is 3.38. The summed E-state index contributed by atoms with van der Waals surface area (Å²) in [5.74, 6) is -0.774. The number of nitro benzene ring substituents is 1. The van der Waals surface area contributed by atoms with E-state index in [0.29, 0.717) is 6.54 Å². The molecule has 0 aromatic heterocycles. The van der Waals surface area contributed by atoms with E-state index < -0.39 is 10.7 Å². The quantitative estimate of drug-likeness (QED) is 0.666. The van der Waals surface area contributed by atoms with E-state index in [0.717, 1.165) is 18.9 Å². The van der Waals surface area contributed by atoms with E-state index >= 15 is 0 Å². The Labute approximate surface area is 109 Å². The van der Waals surface area contributed by atoms with Crippen molar-refractivity contribution in [3.8, 4) is 0 Å². The molecule has 0 spiro atoms. The minimum atomic E-state index is -0.774. The van der Waals surface area contributed by atoms with Crippen molar-refractivity contribution in [1.29, 1.82) is 0 Å². The third-order valence-corrected chi connectivity index (χ3v) is 3.79. The molecular weight excluding hydrogens is 259 g/mol. The van der Waals surface area contributed by atoms with Crippen LogP contribution >= 0.6 is 11.6 Å². The Morgan fingerprint density at radius 3 is 2.72 bits per heavy atom. The molecule has 0 radical (unpaired) electrons. The van der Waals surface area contributed by atoms with Gasteiger partial charge in [0.25, 0.3) is 5.69 Å². The number of hydrogen-bond acceptors (Lipinski definition) is 3. The van der Waals surface area contributed by atoms with Crippen LogP contribution in [-0.4, -0.2) is 11.5 Å². The molecule has 98 valence electrons. The zero-order chi connectivity index (χ0) is 13.3.